The van der Waals surface area contributed by atoms with E-state index in [4.69, 9.17) is 9.15 Å². The fraction of sp³-hybridized carbons (Fsp3) is 0.312. The molecule has 0 spiro atoms. The number of ether oxygens (including phenoxy) is 1. The van der Waals surface area contributed by atoms with Crippen molar-refractivity contribution in [3.8, 4) is 5.75 Å². The summed E-state index contributed by atoms with van der Waals surface area (Å²) in [7, 11) is 0. The normalized spacial score (nSPS) is 10.3. The molecule has 20 heavy (non-hydrogen) atoms. The summed E-state index contributed by atoms with van der Waals surface area (Å²) in [6.45, 7) is 6.79. The third-order valence-electron chi connectivity index (χ3n) is 3.07. The van der Waals surface area contributed by atoms with Crippen LogP contribution in [0.15, 0.2) is 34.9 Å². The highest BCUT2D eigenvalue weighted by atomic mass is 16.5. The van der Waals surface area contributed by atoms with Crippen LogP contribution in [0.2, 0.25) is 0 Å². The summed E-state index contributed by atoms with van der Waals surface area (Å²) in [6.07, 6.45) is 1.59. The molecule has 0 aliphatic carbocycles. The lowest BCUT2D eigenvalue weighted by Crippen LogP contribution is -2.23. The van der Waals surface area contributed by atoms with E-state index < -0.39 is 0 Å². The predicted molar refractivity (Wildman–Crippen MR) is 77.0 cm³/mol. The molecule has 0 bridgehead atoms. The minimum Gasteiger partial charge on any atom is -0.494 e. The largest absolute Gasteiger partial charge is 0.494 e. The second-order valence-electron chi connectivity index (χ2n) is 4.63. The SMILES string of the molecule is CCOc1cc(C)c(C(=O)NCc2ccco2)cc1C. The summed E-state index contributed by atoms with van der Waals surface area (Å²) >= 11 is 0. The highest BCUT2D eigenvalue weighted by Gasteiger charge is 2.12. The van der Waals surface area contributed by atoms with Gasteiger partial charge in [0.25, 0.3) is 5.91 Å². The number of nitrogens with one attached hydrogen (secondary N) is 1. The molecule has 1 N–H and O–H groups in total. The Balaban J connectivity index is 2.11. The molecule has 4 heteroatoms. The van der Waals surface area contributed by atoms with Crippen molar-refractivity contribution in [2.75, 3.05) is 6.61 Å². The first-order valence-electron chi connectivity index (χ1n) is 6.66. The van der Waals surface area contributed by atoms with Crippen molar-refractivity contribution in [3.63, 3.8) is 0 Å². The van der Waals surface area contributed by atoms with Gasteiger partial charge in [-0.1, -0.05) is 0 Å². The Kier molecular flexibility index (Phi) is 4.45. The second kappa shape index (κ2) is 6.28. The third kappa shape index (κ3) is 3.20. The molecule has 0 saturated heterocycles. The van der Waals surface area contributed by atoms with Crippen LogP contribution in [-0.4, -0.2) is 12.5 Å². The van der Waals surface area contributed by atoms with E-state index in [0.29, 0.717) is 18.7 Å². The van der Waals surface area contributed by atoms with Crippen molar-refractivity contribution in [2.45, 2.75) is 27.3 Å². The molecule has 1 heterocycles. The Morgan fingerprint density at radius 1 is 1.30 bits per heavy atom. The van der Waals surface area contributed by atoms with Gasteiger partial charge in [-0.2, -0.15) is 0 Å². The van der Waals surface area contributed by atoms with Gasteiger partial charge < -0.3 is 14.5 Å². The number of aryl methyl sites for hydroxylation is 2. The highest BCUT2D eigenvalue weighted by Crippen LogP contribution is 2.23. The molecule has 0 unspecified atom stereocenters. The maximum absolute atomic E-state index is 12.2. The molecule has 0 atom stereocenters. The van der Waals surface area contributed by atoms with E-state index in [1.165, 1.54) is 0 Å². The molecule has 0 radical (unpaired) electrons. The van der Waals surface area contributed by atoms with Gasteiger partial charge >= 0.3 is 0 Å². The van der Waals surface area contributed by atoms with Crippen LogP contribution in [0.4, 0.5) is 0 Å². The number of furan rings is 1. The Bertz CT molecular complexity index is 588. The minimum atomic E-state index is -0.106. The van der Waals surface area contributed by atoms with Crippen LogP contribution in [0.5, 0.6) is 5.75 Å². The molecule has 106 valence electrons. The van der Waals surface area contributed by atoms with Crippen LogP contribution >= 0.6 is 0 Å². The van der Waals surface area contributed by atoms with Crippen molar-refractivity contribution in [3.05, 3.63) is 53.0 Å². The zero-order valence-corrected chi connectivity index (χ0v) is 12.0. The van der Waals surface area contributed by atoms with E-state index in [2.05, 4.69) is 5.32 Å². The summed E-state index contributed by atoms with van der Waals surface area (Å²) in [5, 5.41) is 2.85. The average molecular weight is 273 g/mol. The second-order valence-corrected chi connectivity index (χ2v) is 4.63. The average Bonchev–Trinajstić information content (AvgIpc) is 2.93. The Morgan fingerprint density at radius 2 is 2.10 bits per heavy atom. The van der Waals surface area contributed by atoms with E-state index >= 15 is 0 Å². The van der Waals surface area contributed by atoms with Crippen LogP contribution in [0.3, 0.4) is 0 Å². The molecule has 4 nitrogen and oxygen atoms in total. The van der Waals surface area contributed by atoms with Gasteiger partial charge in [-0.3, -0.25) is 4.79 Å². The van der Waals surface area contributed by atoms with Crippen LogP contribution < -0.4 is 10.1 Å². The van der Waals surface area contributed by atoms with Gasteiger partial charge in [0.15, 0.2) is 0 Å². The van der Waals surface area contributed by atoms with Crippen LogP contribution in [0.1, 0.15) is 34.2 Å². The molecule has 2 rings (SSSR count). The van der Waals surface area contributed by atoms with Gasteiger partial charge in [-0.25, -0.2) is 0 Å². The van der Waals surface area contributed by atoms with Crippen molar-refractivity contribution in [2.24, 2.45) is 0 Å². The number of hydrogen-bond acceptors (Lipinski definition) is 3. The van der Waals surface area contributed by atoms with Crippen molar-refractivity contribution < 1.29 is 13.9 Å². The Hall–Kier alpha value is -2.23. The van der Waals surface area contributed by atoms with Crippen molar-refractivity contribution in [1.29, 1.82) is 0 Å². The van der Waals surface area contributed by atoms with E-state index in [1.807, 2.05) is 39.0 Å². The first kappa shape index (κ1) is 14.2. The number of carbonyl (C=O) groups excluding carboxylic acids is 1. The number of hydrogen-bond donors (Lipinski definition) is 1. The molecule has 1 aromatic carbocycles. The number of carbonyl (C=O) groups is 1. The zero-order chi connectivity index (χ0) is 14.5. The Morgan fingerprint density at radius 3 is 2.75 bits per heavy atom. The molecule has 1 aromatic heterocycles. The van der Waals surface area contributed by atoms with Crippen LogP contribution in [-0.2, 0) is 6.54 Å². The quantitative estimate of drug-likeness (QED) is 0.910. The fourth-order valence-corrected chi connectivity index (χ4v) is 2.02. The summed E-state index contributed by atoms with van der Waals surface area (Å²) in [5.74, 6) is 1.45. The standard InChI is InChI=1S/C16H19NO3/c1-4-19-15-9-11(2)14(8-12(15)3)16(18)17-10-13-6-5-7-20-13/h5-9H,4,10H2,1-3H3,(H,17,18). The van der Waals surface area contributed by atoms with Gasteiger partial charge in [0, 0.05) is 5.56 Å². The van der Waals surface area contributed by atoms with Crippen LogP contribution in [0.25, 0.3) is 0 Å². The lowest BCUT2D eigenvalue weighted by molar-refractivity contribution is 0.0947. The van der Waals surface area contributed by atoms with Crippen LogP contribution in [0, 0.1) is 13.8 Å². The molecular formula is C16H19NO3. The predicted octanol–water partition coefficient (Wildman–Crippen LogP) is 3.23. The summed E-state index contributed by atoms with van der Waals surface area (Å²) in [4.78, 5) is 12.2. The van der Waals surface area contributed by atoms with Gasteiger partial charge in [0.1, 0.15) is 11.5 Å². The molecular weight excluding hydrogens is 254 g/mol. The smallest absolute Gasteiger partial charge is 0.251 e. The fourth-order valence-electron chi connectivity index (χ4n) is 2.02. The Labute approximate surface area is 118 Å². The maximum atomic E-state index is 12.2. The third-order valence-corrected chi connectivity index (χ3v) is 3.07. The number of benzene rings is 1. The first-order chi connectivity index (χ1) is 9.61. The van der Waals surface area contributed by atoms with Gasteiger partial charge in [-0.05, 0) is 56.2 Å². The summed E-state index contributed by atoms with van der Waals surface area (Å²) in [5.41, 5.74) is 2.52. The first-order valence-corrected chi connectivity index (χ1v) is 6.66. The molecule has 0 aliphatic rings. The molecule has 0 fully saturated rings. The van der Waals surface area contributed by atoms with Crippen molar-refractivity contribution >= 4 is 5.91 Å². The van der Waals surface area contributed by atoms with Gasteiger partial charge in [0.2, 0.25) is 0 Å². The van der Waals surface area contributed by atoms with Gasteiger partial charge in [0.05, 0.1) is 19.4 Å². The lowest BCUT2D eigenvalue weighted by Gasteiger charge is -2.12. The summed E-state index contributed by atoms with van der Waals surface area (Å²) in [6, 6.07) is 7.39. The monoisotopic (exact) mass is 273 g/mol. The molecule has 2 aromatic rings. The van der Waals surface area contributed by atoms with E-state index in [9.17, 15) is 4.79 Å². The topological polar surface area (TPSA) is 51.5 Å². The van der Waals surface area contributed by atoms with E-state index in [0.717, 1.165) is 22.6 Å². The molecule has 1 amide bonds. The van der Waals surface area contributed by atoms with Gasteiger partial charge in [-0.15, -0.1) is 0 Å². The van der Waals surface area contributed by atoms with E-state index in [-0.39, 0.29) is 5.91 Å². The number of amides is 1. The highest BCUT2D eigenvalue weighted by molar-refractivity contribution is 5.96. The lowest BCUT2D eigenvalue weighted by atomic mass is 10.0. The minimum absolute atomic E-state index is 0.106. The summed E-state index contributed by atoms with van der Waals surface area (Å²) < 4.78 is 10.7. The van der Waals surface area contributed by atoms with Crippen molar-refractivity contribution in [1.82, 2.24) is 5.32 Å². The van der Waals surface area contributed by atoms with E-state index in [1.54, 1.807) is 12.3 Å². The zero-order valence-electron chi connectivity index (χ0n) is 12.0. The molecule has 0 aliphatic heterocycles. The maximum Gasteiger partial charge on any atom is 0.251 e. The number of rotatable bonds is 5. The molecule has 0 saturated carbocycles.